The van der Waals surface area contributed by atoms with Crippen LogP contribution in [0, 0.1) is 17.0 Å². The van der Waals surface area contributed by atoms with Gasteiger partial charge in [0.05, 0.1) is 4.92 Å². The van der Waals surface area contributed by atoms with Crippen molar-refractivity contribution in [2.24, 2.45) is 0 Å². The second kappa shape index (κ2) is 8.11. The number of carbonyl (C=O) groups is 1. The van der Waals surface area contributed by atoms with E-state index in [4.69, 9.17) is 4.74 Å². The molecule has 0 saturated carbocycles. The Kier molecular flexibility index (Phi) is 6.14. The highest BCUT2D eigenvalue weighted by atomic mass is 79.9. The molecule has 1 N–H and O–H groups in total. The maximum absolute atomic E-state index is 12.1. The number of nitrogens with one attached hydrogen (secondary N) is 1. The van der Waals surface area contributed by atoms with Gasteiger partial charge in [-0.2, -0.15) is 0 Å². The zero-order valence-corrected chi connectivity index (χ0v) is 15.8. The number of hydrogen-bond acceptors (Lipinski definition) is 4. The van der Waals surface area contributed by atoms with Gasteiger partial charge in [0.2, 0.25) is 0 Å². The molecular formula is C18H19BrN2O4. The molecule has 0 saturated heterocycles. The van der Waals surface area contributed by atoms with E-state index in [1.54, 1.807) is 6.92 Å². The molecule has 0 heterocycles. The molecule has 0 unspecified atom stereocenters. The monoisotopic (exact) mass is 406 g/mol. The summed E-state index contributed by atoms with van der Waals surface area (Å²) in [5.41, 5.74) is 2.14. The lowest BCUT2D eigenvalue weighted by Gasteiger charge is -2.15. The third-order valence-electron chi connectivity index (χ3n) is 3.65. The minimum atomic E-state index is -0.470. The van der Waals surface area contributed by atoms with Gasteiger partial charge in [0.1, 0.15) is 5.75 Å². The molecule has 0 aromatic heterocycles. The molecule has 0 atom stereocenters. The highest BCUT2D eigenvalue weighted by Crippen LogP contribution is 2.29. The highest BCUT2D eigenvalue weighted by Gasteiger charge is 2.13. The number of anilines is 1. The van der Waals surface area contributed by atoms with Gasteiger partial charge in [-0.25, -0.2) is 0 Å². The van der Waals surface area contributed by atoms with Crippen LogP contribution >= 0.6 is 15.9 Å². The van der Waals surface area contributed by atoms with Gasteiger partial charge in [0, 0.05) is 22.3 Å². The first-order valence-corrected chi connectivity index (χ1v) is 8.54. The van der Waals surface area contributed by atoms with Crippen molar-refractivity contribution in [1.29, 1.82) is 0 Å². The van der Waals surface area contributed by atoms with Gasteiger partial charge in [0.25, 0.3) is 11.6 Å². The molecule has 25 heavy (non-hydrogen) atoms. The van der Waals surface area contributed by atoms with E-state index in [-0.39, 0.29) is 24.1 Å². The Labute approximate surface area is 154 Å². The molecular weight excluding hydrogens is 388 g/mol. The lowest BCUT2D eigenvalue weighted by Crippen LogP contribution is -2.21. The Bertz CT molecular complexity index is 806. The number of rotatable bonds is 6. The van der Waals surface area contributed by atoms with Crippen LogP contribution in [0.15, 0.2) is 40.9 Å². The van der Waals surface area contributed by atoms with Gasteiger partial charge in [-0.15, -0.1) is 0 Å². The number of aryl methyl sites for hydroxylation is 1. The smallest absolute Gasteiger partial charge is 0.269 e. The van der Waals surface area contributed by atoms with Crippen LogP contribution in [0.2, 0.25) is 0 Å². The summed E-state index contributed by atoms with van der Waals surface area (Å²) in [7, 11) is 0. The van der Waals surface area contributed by atoms with Crippen molar-refractivity contribution in [2.45, 2.75) is 26.7 Å². The van der Waals surface area contributed by atoms with Crippen molar-refractivity contribution in [1.82, 2.24) is 0 Å². The van der Waals surface area contributed by atoms with Crippen molar-refractivity contribution >= 4 is 33.2 Å². The first-order valence-electron chi connectivity index (χ1n) is 7.75. The quantitative estimate of drug-likeness (QED) is 0.551. The number of halogens is 1. The van der Waals surface area contributed by atoms with Gasteiger partial charge in [-0.3, -0.25) is 14.9 Å². The molecule has 0 bridgehead atoms. The number of hydrogen-bond donors (Lipinski definition) is 1. The summed E-state index contributed by atoms with van der Waals surface area (Å²) in [5, 5.41) is 13.5. The molecule has 2 aromatic carbocycles. The van der Waals surface area contributed by atoms with Gasteiger partial charge in [-0.1, -0.05) is 29.8 Å². The molecule has 2 rings (SSSR count). The Morgan fingerprint density at radius 2 is 2.00 bits per heavy atom. The number of nitrogens with zero attached hydrogens (tertiary/aromatic N) is 1. The summed E-state index contributed by atoms with van der Waals surface area (Å²) < 4.78 is 6.60. The van der Waals surface area contributed by atoms with Crippen molar-refractivity contribution in [3.8, 4) is 5.75 Å². The fraction of sp³-hybridized carbons (Fsp3) is 0.278. The summed E-state index contributed by atoms with van der Waals surface area (Å²) in [4.78, 5) is 22.4. The topological polar surface area (TPSA) is 81.5 Å². The Balaban J connectivity index is 2.03. The molecule has 0 fully saturated rings. The van der Waals surface area contributed by atoms with Gasteiger partial charge in [0.15, 0.2) is 6.61 Å². The maximum atomic E-state index is 12.1. The van der Waals surface area contributed by atoms with Crippen molar-refractivity contribution in [3.05, 3.63) is 62.1 Å². The number of ether oxygens (including phenoxy) is 1. The number of amides is 1. The normalized spacial score (nSPS) is 10.6. The van der Waals surface area contributed by atoms with E-state index in [1.165, 1.54) is 18.2 Å². The third-order valence-corrected chi connectivity index (χ3v) is 4.14. The van der Waals surface area contributed by atoms with Gasteiger partial charge >= 0.3 is 0 Å². The molecule has 0 aliphatic heterocycles. The van der Waals surface area contributed by atoms with E-state index >= 15 is 0 Å². The second-order valence-electron chi connectivity index (χ2n) is 5.93. The Hall–Kier alpha value is -2.41. The second-order valence-corrected chi connectivity index (χ2v) is 6.85. The number of nitro groups is 1. The van der Waals surface area contributed by atoms with Crippen LogP contribution in [0.4, 0.5) is 11.4 Å². The largest absolute Gasteiger partial charge is 0.483 e. The van der Waals surface area contributed by atoms with Crippen LogP contribution in [0.1, 0.15) is 30.9 Å². The average Bonchev–Trinajstić information content (AvgIpc) is 2.55. The van der Waals surface area contributed by atoms with Crippen LogP contribution < -0.4 is 10.1 Å². The molecule has 132 valence electrons. The van der Waals surface area contributed by atoms with Crippen LogP contribution in [0.5, 0.6) is 5.75 Å². The van der Waals surface area contributed by atoms with E-state index in [0.717, 1.165) is 10.0 Å². The van der Waals surface area contributed by atoms with E-state index in [0.29, 0.717) is 17.0 Å². The molecule has 0 aliphatic rings. The lowest BCUT2D eigenvalue weighted by molar-refractivity contribution is -0.384. The SMILES string of the molecule is Cc1cc([N+](=O)[O-])ccc1NC(=O)COc1ccc(Br)cc1C(C)C. The number of carbonyl (C=O) groups excluding carboxylic acids is 1. The van der Waals surface area contributed by atoms with Gasteiger partial charge in [-0.05, 0) is 48.2 Å². The summed E-state index contributed by atoms with van der Waals surface area (Å²) in [6, 6.07) is 9.95. The third kappa shape index (κ3) is 5.03. The molecule has 0 aliphatic carbocycles. The predicted molar refractivity (Wildman–Crippen MR) is 100 cm³/mol. The number of nitro benzene ring substituents is 1. The fourth-order valence-electron chi connectivity index (χ4n) is 2.33. The van der Waals surface area contributed by atoms with Crippen molar-refractivity contribution in [2.75, 3.05) is 11.9 Å². The van der Waals surface area contributed by atoms with E-state index < -0.39 is 4.92 Å². The van der Waals surface area contributed by atoms with E-state index in [9.17, 15) is 14.9 Å². The zero-order valence-electron chi connectivity index (χ0n) is 14.2. The first kappa shape index (κ1) is 18.9. The highest BCUT2D eigenvalue weighted by molar-refractivity contribution is 9.10. The Morgan fingerprint density at radius 1 is 1.28 bits per heavy atom. The predicted octanol–water partition coefficient (Wildman–Crippen LogP) is 4.81. The number of benzene rings is 2. The molecule has 0 spiro atoms. The van der Waals surface area contributed by atoms with E-state index in [2.05, 4.69) is 35.1 Å². The summed E-state index contributed by atoms with van der Waals surface area (Å²) >= 11 is 3.43. The van der Waals surface area contributed by atoms with Crippen LogP contribution in [-0.4, -0.2) is 17.4 Å². The average molecular weight is 407 g/mol. The molecule has 0 radical (unpaired) electrons. The van der Waals surface area contributed by atoms with Gasteiger partial charge < -0.3 is 10.1 Å². The number of non-ortho nitro benzene ring substituents is 1. The van der Waals surface area contributed by atoms with E-state index in [1.807, 2.05) is 18.2 Å². The van der Waals surface area contributed by atoms with Crippen LogP contribution in [0.3, 0.4) is 0 Å². The zero-order chi connectivity index (χ0) is 18.6. The fourth-order valence-corrected chi connectivity index (χ4v) is 2.71. The molecule has 6 nitrogen and oxygen atoms in total. The van der Waals surface area contributed by atoms with Crippen LogP contribution in [-0.2, 0) is 4.79 Å². The first-order chi connectivity index (χ1) is 11.8. The van der Waals surface area contributed by atoms with Crippen molar-refractivity contribution < 1.29 is 14.5 Å². The standard InChI is InChI=1S/C18H19BrN2O4/c1-11(2)15-9-13(19)4-7-17(15)25-10-18(22)20-16-6-5-14(21(23)24)8-12(16)3/h4-9,11H,10H2,1-3H3,(H,20,22). The molecule has 1 amide bonds. The van der Waals surface area contributed by atoms with Crippen LogP contribution in [0.25, 0.3) is 0 Å². The lowest BCUT2D eigenvalue weighted by atomic mass is 10.0. The minimum Gasteiger partial charge on any atom is -0.483 e. The molecule has 2 aromatic rings. The maximum Gasteiger partial charge on any atom is 0.269 e. The molecule has 7 heteroatoms. The Morgan fingerprint density at radius 3 is 2.60 bits per heavy atom. The summed E-state index contributed by atoms with van der Waals surface area (Å²) in [5.74, 6) is 0.593. The van der Waals surface area contributed by atoms with Crippen molar-refractivity contribution in [3.63, 3.8) is 0 Å². The summed E-state index contributed by atoms with van der Waals surface area (Å²) in [6.07, 6.45) is 0. The minimum absolute atomic E-state index is 0.0109. The summed E-state index contributed by atoms with van der Waals surface area (Å²) in [6.45, 7) is 5.66.